The Labute approximate surface area is 182 Å². The first-order valence-electron chi connectivity index (χ1n) is 11.2. The van der Waals surface area contributed by atoms with E-state index in [0.29, 0.717) is 44.2 Å². The van der Waals surface area contributed by atoms with Crippen molar-refractivity contribution in [2.24, 2.45) is 5.92 Å². The van der Waals surface area contributed by atoms with Crippen LogP contribution in [-0.4, -0.2) is 51.8 Å². The van der Waals surface area contributed by atoms with Crippen LogP contribution in [0.1, 0.15) is 30.9 Å². The molecule has 0 N–H and O–H groups in total. The molecule has 4 rings (SSSR count). The molecule has 0 aromatic heterocycles. The Kier molecular flexibility index (Phi) is 6.03. The Balaban J connectivity index is 1.48. The number of carbonyl (C=O) groups excluding carboxylic acids is 1. The third-order valence-corrected chi connectivity index (χ3v) is 6.52. The van der Waals surface area contributed by atoms with Gasteiger partial charge in [0.1, 0.15) is 11.4 Å². The summed E-state index contributed by atoms with van der Waals surface area (Å²) in [5, 5.41) is 0. The maximum absolute atomic E-state index is 12.5. The van der Waals surface area contributed by atoms with Crippen LogP contribution in [0.3, 0.4) is 0 Å². The highest BCUT2D eigenvalue weighted by Gasteiger charge is 2.35. The summed E-state index contributed by atoms with van der Waals surface area (Å²) in [4.78, 5) is 43.5. The molecule has 0 radical (unpaired) electrons. The van der Waals surface area contributed by atoms with Gasteiger partial charge < -0.3 is 19.4 Å². The molecule has 2 aliphatic rings. The molecule has 2 aliphatic heterocycles. The predicted molar refractivity (Wildman–Crippen MR) is 123 cm³/mol. The minimum Gasteiger partial charge on any atom is -0.466 e. The summed E-state index contributed by atoms with van der Waals surface area (Å²) in [5.74, 6) is -0.457. The van der Waals surface area contributed by atoms with Gasteiger partial charge in [-0.15, -0.1) is 0 Å². The first-order valence-corrected chi connectivity index (χ1v) is 11.2. The summed E-state index contributed by atoms with van der Waals surface area (Å²) < 4.78 is 5.17. The van der Waals surface area contributed by atoms with Crippen molar-refractivity contribution in [3.05, 3.63) is 49.8 Å². The molecule has 2 aromatic carbocycles. The van der Waals surface area contributed by atoms with Gasteiger partial charge in [0, 0.05) is 45.0 Å². The van der Waals surface area contributed by atoms with Crippen LogP contribution < -0.4 is 25.6 Å². The molecular formula is C24H31N3O4. The van der Waals surface area contributed by atoms with Crippen LogP contribution in [0.2, 0.25) is 0 Å². The Hall–Kier alpha value is -2.83. The van der Waals surface area contributed by atoms with Crippen molar-refractivity contribution in [3.8, 4) is 0 Å². The maximum Gasteiger partial charge on any atom is 0.310 e. The lowest BCUT2D eigenvalue weighted by Gasteiger charge is -2.41. The number of benzene rings is 1. The molecule has 0 spiro atoms. The van der Waals surface area contributed by atoms with Gasteiger partial charge in [0.25, 0.3) is 10.9 Å². The lowest BCUT2D eigenvalue weighted by Crippen LogP contribution is -2.54. The van der Waals surface area contributed by atoms with Crippen molar-refractivity contribution in [3.63, 3.8) is 0 Å². The monoisotopic (exact) mass is 425 g/mol. The molecule has 31 heavy (non-hydrogen) atoms. The second-order valence-electron chi connectivity index (χ2n) is 8.66. The second kappa shape index (κ2) is 8.73. The Morgan fingerprint density at radius 2 is 1.61 bits per heavy atom. The molecule has 1 atom stereocenters. The second-order valence-corrected chi connectivity index (χ2v) is 8.66. The zero-order valence-corrected chi connectivity index (χ0v) is 18.6. The molecule has 0 bridgehead atoms. The van der Waals surface area contributed by atoms with E-state index in [9.17, 15) is 14.4 Å². The highest BCUT2D eigenvalue weighted by molar-refractivity contribution is 5.79. The summed E-state index contributed by atoms with van der Waals surface area (Å²) in [7, 11) is 0. The SMILES string of the molecule is CCOC(=O)[C@H]1CCCN(c2c(N3CCN(c4cc(C)ccc4C)CC3)c(=O)c2=O)C1. The van der Waals surface area contributed by atoms with E-state index in [-0.39, 0.29) is 11.9 Å². The van der Waals surface area contributed by atoms with E-state index < -0.39 is 10.9 Å². The molecular weight excluding hydrogens is 394 g/mol. The van der Waals surface area contributed by atoms with Crippen molar-refractivity contribution >= 4 is 23.0 Å². The summed E-state index contributed by atoms with van der Waals surface area (Å²) in [5.41, 5.74) is 3.93. The molecule has 0 amide bonds. The number of carbonyl (C=O) groups is 1. The van der Waals surface area contributed by atoms with Gasteiger partial charge in [0.05, 0.1) is 12.5 Å². The van der Waals surface area contributed by atoms with Gasteiger partial charge in [-0.25, -0.2) is 0 Å². The minimum atomic E-state index is -0.420. The van der Waals surface area contributed by atoms with E-state index in [2.05, 4.69) is 41.8 Å². The molecule has 2 heterocycles. The first-order chi connectivity index (χ1) is 14.9. The van der Waals surface area contributed by atoms with Crippen LogP contribution in [0.5, 0.6) is 0 Å². The van der Waals surface area contributed by atoms with Gasteiger partial charge in [-0.05, 0) is 50.8 Å². The summed E-state index contributed by atoms with van der Waals surface area (Å²) in [6.45, 7) is 10.5. The van der Waals surface area contributed by atoms with Crippen molar-refractivity contribution in [2.45, 2.75) is 33.6 Å². The average molecular weight is 426 g/mol. The number of hydrogen-bond donors (Lipinski definition) is 0. The van der Waals surface area contributed by atoms with Crippen LogP contribution in [0.4, 0.5) is 17.1 Å². The molecule has 0 aliphatic carbocycles. The number of piperazine rings is 1. The van der Waals surface area contributed by atoms with Crippen LogP contribution >= 0.6 is 0 Å². The van der Waals surface area contributed by atoms with Gasteiger partial charge in [0.2, 0.25) is 0 Å². The van der Waals surface area contributed by atoms with Gasteiger partial charge >= 0.3 is 5.97 Å². The highest BCUT2D eigenvalue weighted by atomic mass is 16.5. The zero-order valence-electron chi connectivity index (χ0n) is 18.6. The summed E-state index contributed by atoms with van der Waals surface area (Å²) in [6, 6.07) is 6.46. The number of hydrogen-bond acceptors (Lipinski definition) is 7. The van der Waals surface area contributed by atoms with Gasteiger partial charge in [-0.1, -0.05) is 12.1 Å². The van der Waals surface area contributed by atoms with E-state index in [1.165, 1.54) is 16.8 Å². The van der Waals surface area contributed by atoms with Crippen molar-refractivity contribution in [1.82, 2.24) is 0 Å². The lowest BCUT2D eigenvalue weighted by molar-refractivity contribution is -0.148. The zero-order chi connectivity index (χ0) is 22.1. The van der Waals surface area contributed by atoms with E-state index >= 15 is 0 Å². The lowest BCUT2D eigenvalue weighted by atomic mass is 9.96. The third-order valence-electron chi connectivity index (χ3n) is 6.52. The number of ether oxygens (including phenoxy) is 1. The van der Waals surface area contributed by atoms with Crippen molar-refractivity contribution in [2.75, 3.05) is 60.6 Å². The molecule has 0 saturated carbocycles. The third kappa shape index (κ3) is 4.05. The fourth-order valence-corrected chi connectivity index (χ4v) is 4.82. The summed E-state index contributed by atoms with van der Waals surface area (Å²) >= 11 is 0. The molecule has 2 aromatic rings. The fraction of sp³-hybridized carbons (Fsp3) is 0.542. The highest BCUT2D eigenvalue weighted by Crippen LogP contribution is 2.31. The molecule has 2 fully saturated rings. The smallest absolute Gasteiger partial charge is 0.310 e. The average Bonchev–Trinajstić information content (AvgIpc) is 2.78. The van der Waals surface area contributed by atoms with E-state index in [1.807, 2.05) is 4.90 Å². The number of esters is 1. The largest absolute Gasteiger partial charge is 0.466 e. The number of anilines is 3. The Bertz CT molecular complexity index is 1030. The number of piperidine rings is 1. The molecule has 7 heteroatoms. The number of nitrogens with zero attached hydrogens (tertiary/aromatic N) is 3. The standard InChI is InChI=1S/C24H31N3O4/c1-4-31-24(30)18-6-5-9-27(15-18)21-20(22(28)23(21)29)26-12-10-25(11-13-26)19-14-16(2)7-8-17(19)3/h7-8,14,18H,4-6,9-13,15H2,1-3H3/t18-/m0/s1. The van der Waals surface area contributed by atoms with Crippen LogP contribution in [0, 0.1) is 19.8 Å². The normalized spacial score (nSPS) is 19.7. The minimum absolute atomic E-state index is 0.213. The number of aryl methyl sites for hydroxylation is 2. The topological polar surface area (TPSA) is 70.2 Å². The van der Waals surface area contributed by atoms with Gasteiger partial charge in [0.15, 0.2) is 0 Å². The van der Waals surface area contributed by atoms with E-state index in [1.54, 1.807) is 6.92 Å². The van der Waals surface area contributed by atoms with Gasteiger partial charge in [-0.3, -0.25) is 14.4 Å². The summed E-state index contributed by atoms with van der Waals surface area (Å²) in [6.07, 6.45) is 1.57. The van der Waals surface area contributed by atoms with Crippen LogP contribution in [0.25, 0.3) is 0 Å². The number of rotatable bonds is 5. The van der Waals surface area contributed by atoms with E-state index in [0.717, 1.165) is 25.9 Å². The molecule has 7 nitrogen and oxygen atoms in total. The van der Waals surface area contributed by atoms with E-state index in [4.69, 9.17) is 4.74 Å². The Morgan fingerprint density at radius 1 is 0.968 bits per heavy atom. The fourth-order valence-electron chi connectivity index (χ4n) is 4.82. The Morgan fingerprint density at radius 3 is 2.29 bits per heavy atom. The molecule has 0 unspecified atom stereocenters. The predicted octanol–water partition coefficient (Wildman–Crippen LogP) is 2.01. The quantitative estimate of drug-likeness (QED) is 0.536. The van der Waals surface area contributed by atoms with Gasteiger partial charge in [-0.2, -0.15) is 0 Å². The van der Waals surface area contributed by atoms with Crippen LogP contribution in [0.15, 0.2) is 27.8 Å². The maximum atomic E-state index is 12.5. The molecule has 2 saturated heterocycles. The molecule has 166 valence electrons. The van der Waals surface area contributed by atoms with Crippen molar-refractivity contribution in [1.29, 1.82) is 0 Å². The first kappa shape index (κ1) is 21.4. The van der Waals surface area contributed by atoms with Crippen LogP contribution in [-0.2, 0) is 9.53 Å². The van der Waals surface area contributed by atoms with Crippen molar-refractivity contribution < 1.29 is 9.53 Å².